The van der Waals surface area contributed by atoms with Crippen LogP contribution in [-0.2, 0) is 24.2 Å². The molecule has 0 bridgehead atoms. The summed E-state index contributed by atoms with van der Waals surface area (Å²) in [6, 6.07) is 20.5. The van der Waals surface area contributed by atoms with Gasteiger partial charge < -0.3 is 9.64 Å². The molecule has 0 unspecified atom stereocenters. The van der Waals surface area contributed by atoms with Crippen LogP contribution in [-0.4, -0.2) is 46.4 Å². The van der Waals surface area contributed by atoms with Crippen molar-refractivity contribution in [3.63, 3.8) is 0 Å². The van der Waals surface area contributed by atoms with E-state index in [1.165, 1.54) is 17.3 Å². The molecule has 7 nitrogen and oxygen atoms in total. The third-order valence-corrected chi connectivity index (χ3v) is 9.88. The van der Waals surface area contributed by atoms with Crippen LogP contribution in [0.5, 0.6) is 5.75 Å². The van der Waals surface area contributed by atoms with Crippen molar-refractivity contribution in [3.05, 3.63) is 97.7 Å². The quantitative estimate of drug-likeness (QED) is 0.192. The van der Waals surface area contributed by atoms with Crippen LogP contribution < -0.4 is 15.2 Å². The van der Waals surface area contributed by atoms with E-state index in [0.717, 1.165) is 61.5 Å². The van der Waals surface area contributed by atoms with Crippen LogP contribution >= 0.6 is 24.0 Å². The Morgan fingerprint density at radius 3 is 2.39 bits per heavy atom. The summed E-state index contributed by atoms with van der Waals surface area (Å²) in [6.07, 6.45) is 6.31. The predicted octanol–water partition coefficient (Wildman–Crippen LogP) is 6.35. The smallest absolute Gasteiger partial charge is 0.270 e. The third-order valence-electron chi connectivity index (χ3n) is 8.51. The summed E-state index contributed by atoms with van der Waals surface area (Å²) in [7, 11) is 1.64. The molecule has 2 fully saturated rings. The number of rotatable bonds is 10. The van der Waals surface area contributed by atoms with E-state index in [4.69, 9.17) is 17.0 Å². The van der Waals surface area contributed by atoms with Crippen LogP contribution in [0.2, 0.25) is 0 Å². The molecular formula is C35H38N4O3S2. The van der Waals surface area contributed by atoms with Gasteiger partial charge in [-0.05, 0) is 79.8 Å². The normalized spacial score (nSPS) is 16.5. The van der Waals surface area contributed by atoms with Gasteiger partial charge in [-0.25, -0.2) is 0 Å². The lowest BCUT2D eigenvalue weighted by atomic mass is 9.90. The fraction of sp³-hybridized carbons (Fsp3) is 0.371. The van der Waals surface area contributed by atoms with E-state index >= 15 is 0 Å². The Bertz CT molecular complexity index is 1650. The topological polar surface area (TPSA) is 78.6 Å². The minimum atomic E-state index is -0.266. The van der Waals surface area contributed by atoms with Gasteiger partial charge in [0.2, 0.25) is 0 Å². The van der Waals surface area contributed by atoms with Gasteiger partial charge in [0.1, 0.15) is 27.5 Å². The standard InChI is InChI=1S/C35H38N4O3S2/c1-4-17-38-32(37-18-14-27(15-19-37)21-26-8-6-5-7-9-26)29(24(2)30(23-36)33(38)40)22-31-34(41)39(35(43)44-31)20-16-25-10-12-28(42-3)13-11-25/h5-13,22,27H,4,14-21H2,1-3H3. The van der Waals surface area contributed by atoms with Crippen molar-refractivity contribution >= 4 is 46.1 Å². The third kappa shape index (κ3) is 6.77. The summed E-state index contributed by atoms with van der Waals surface area (Å²) in [4.78, 5) is 31.7. The minimum Gasteiger partial charge on any atom is -0.497 e. The zero-order valence-electron chi connectivity index (χ0n) is 25.5. The second kappa shape index (κ2) is 14.3. The number of hydrogen-bond donors (Lipinski definition) is 0. The number of thiocarbonyl (C=S) groups is 1. The molecular weight excluding hydrogens is 589 g/mol. The molecule has 0 N–H and O–H groups in total. The van der Waals surface area contributed by atoms with Crippen molar-refractivity contribution in [2.24, 2.45) is 5.92 Å². The van der Waals surface area contributed by atoms with Crippen molar-refractivity contribution in [1.29, 1.82) is 5.26 Å². The fourth-order valence-corrected chi connectivity index (χ4v) is 7.36. The summed E-state index contributed by atoms with van der Waals surface area (Å²) in [6.45, 7) is 6.41. The summed E-state index contributed by atoms with van der Waals surface area (Å²) in [5, 5.41) is 9.99. The van der Waals surface area contributed by atoms with E-state index < -0.39 is 0 Å². The first-order chi connectivity index (χ1) is 21.3. The number of benzene rings is 2. The molecule has 9 heteroatoms. The van der Waals surface area contributed by atoms with E-state index in [-0.39, 0.29) is 17.0 Å². The van der Waals surface area contributed by atoms with E-state index in [1.54, 1.807) is 16.6 Å². The molecule has 2 aromatic carbocycles. The summed E-state index contributed by atoms with van der Waals surface area (Å²) in [5.41, 5.74) is 3.65. The summed E-state index contributed by atoms with van der Waals surface area (Å²) < 4.78 is 7.51. The lowest BCUT2D eigenvalue weighted by Crippen LogP contribution is -2.40. The van der Waals surface area contributed by atoms with Gasteiger partial charge in [-0.1, -0.05) is 73.4 Å². The molecule has 2 aliphatic heterocycles. The number of nitrogens with zero attached hydrogens (tertiary/aromatic N) is 4. The number of pyridine rings is 1. The van der Waals surface area contributed by atoms with Crippen LogP contribution in [0.4, 0.5) is 5.82 Å². The van der Waals surface area contributed by atoms with Gasteiger partial charge >= 0.3 is 0 Å². The van der Waals surface area contributed by atoms with Gasteiger partial charge in [0.25, 0.3) is 11.5 Å². The number of methoxy groups -OCH3 is 1. The molecule has 44 heavy (non-hydrogen) atoms. The number of hydrogen-bond acceptors (Lipinski definition) is 7. The van der Waals surface area contributed by atoms with Gasteiger partial charge in [0, 0.05) is 31.7 Å². The van der Waals surface area contributed by atoms with Crippen LogP contribution in [0.3, 0.4) is 0 Å². The molecule has 228 valence electrons. The Hall–Kier alpha value is -3.87. The van der Waals surface area contributed by atoms with E-state index in [9.17, 15) is 14.9 Å². The molecule has 0 atom stereocenters. The fourth-order valence-electron chi connectivity index (χ4n) is 6.07. The van der Waals surface area contributed by atoms with Crippen LogP contribution in [0.1, 0.15) is 54.0 Å². The number of nitriles is 1. The first-order valence-corrected chi connectivity index (χ1v) is 16.4. The molecule has 2 aliphatic rings. The largest absolute Gasteiger partial charge is 0.497 e. The molecule has 0 aliphatic carbocycles. The number of carbonyl (C=O) groups is 1. The lowest BCUT2D eigenvalue weighted by Gasteiger charge is -2.36. The Morgan fingerprint density at radius 2 is 1.75 bits per heavy atom. The average molecular weight is 627 g/mol. The highest BCUT2D eigenvalue weighted by molar-refractivity contribution is 8.26. The highest BCUT2D eigenvalue weighted by Crippen LogP contribution is 2.37. The molecule has 1 aromatic heterocycles. The molecule has 3 heterocycles. The Kier molecular flexibility index (Phi) is 10.2. The number of ether oxygens (including phenoxy) is 1. The second-order valence-electron chi connectivity index (χ2n) is 11.4. The lowest BCUT2D eigenvalue weighted by molar-refractivity contribution is -0.122. The predicted molar refractivity (Wildman–Crippen MR) is 182 cm³/mol. The molecule has 3 aromatic rings. The van der Waals surface area contributed by atoms with Gasteiger partial charge in [-0.15, -0.1) is 0 Å². The highest BCUT2D eigenvalue weighted by Gasteiger charge is 2.33. The van der Waals surface area contributed by atoms with E-state index in [2.05, 4.69) is 35.2 Å². The summed E-state index contributed by atoms with van der Waals surface area (Å²) >= 11 is 6.93. The van der Waals surface area contributed by atoms with Crippen molar-refractivity contribution in [2.45, 2.75) is 52.5 Å². The van der Waals surface area contributed by atoms with Crippen molar-refractivity contribution < 1.29 is 9.53 Å². The zero-order chi connectivity index (χ0) is 31.2. The molecule has 1 amide bonds. The number of thioether (sulfide) groups is 1. The van der Waals surface area contributed by atoms with Crippen molar-refractivity contribution in [1.82, 2.24) is 9.47 Å². The second-order valence-corrected chi connectivity index (χ2v) is 13.0. The number of carbonyl (C=O) groups excluding carboxylic acids is 1. The minimum absolute atomic E-state index is 0.127. The van der Waals surface area contributed by atoms with Crippen LogP contribution in [0.15, 0.2) is 64.3 Å². The molecule has 5 rings (SSSR count). The number of aromatic nitrogens is 1. The first-order valence-electron chi connectivity index (χ1n) is 15.2. The number of amides is 1. The number of anilines is 1. The Labute approximate surface area is 269 Å². The Balaban J connectivity index is 1.44. The van der Waals surface area contributed by atoms with Gasteiger partial charge in [-0.2, -0.15) is 5.26 Å². The van der Waals surface area contributed by atoms with E-state index in [1.807, 2.05) is 50.3 Å². The maximum absolute atomic E-state index is 13.7. The molecule has 2 saturated heterocycles. The average Bonchev–Trinajstić information content (AvgIpc) is 3.31. The number of piperidine rings is 1. The zero-order valence-corrected chi connectivity index (χ0v) is 27.2. The maximum atomic E-state index is 13.7. The van der Waals surface area contributed by atoms with Crippen LogP contribution in [0.25, 0.3) is 6.08 Å². The van der Waals surface area contributed by atoms with Gasteiger partial charge in [0.15, 0.2) is 0 Å². The molecule has 0 spiro atoms. The van der Waals surface area contributed by atoms with Crippen molar-refractivity contribution in [3.8, 4) is 11.8 Å². The van der Waals surface area contributed by atoms with E-state index in [0.29, 0.717) is 40.2 Å². The molecule has 0 saturated carbocycles. The SMILES string of the molecule is CCCn1c(N2CCC(Cc3ccccc3)CC2)c(C=C2SC(=S)N(CCc3ccc(OC)cc3)C2=O)c(C)c(C#N)c1=O. The molecule has 0 radical (unpaired) electrons. The van der Waals surface area contributed by atoms with Gasteiger partial charge in [-0.3, -0.25) is 19.1 Å². The summed E-state index contributed by atoms with van der Waals surface area (Å²) in [5.74, 6) is 2.00. The van der Waals surface area contributed by atoms with Gasteiger partial charge in [0.05, 0.1) is 12.0 Å². The first kappa shape index (κ1) is 31.6. The highest BCUT2D eigenvalue weighted by atomic mass is 32.2. The maximum Gasteiger partial charge on any atom is 0.270 e. The monoisotopic (exact) mass is 626 g/mol. The Morgan fingerprint density at radius 1 is 1.05 bits per heavy atom. The van der Waals surface area contributed by atoms with Crippen molar-refractivity contribution in [2.75, 3.05) is 31.6 Å². The van der Waals surface area contributed by atoms with Crippen LogP contribution in [0, 0.1) is 24.2 Å².